The highest BCUT2D eigenvalue weighted by Gasteiger charge is 2.38. The molecule has 0 unspecified atom stereocenters. The molecule has 174 valence electrons. The number of aromatic nitrogens is 2. The van der Waals surface area contributed by atoms with Crippen molar-refractivity contribution in [3.8, 4) is 5.75 Å². The highest BCUT2D eigenvalue weighted by molar-refractivity contribution is 14.1. The number of sulfonamides is 1. The molecule has 1 saturated heterocycles. The fraction of sp³-hybridized carbons (Fsp3) is 0.238. The molecular weight excluding hydrogens is 569 g/mol. The zero-order valence-corrected chi connectivity index (χ0v) is 20.1. The number of aromatic amines is 1. The van der Waals surface area contributed by atoms with Crippen LogP contribution in [0.4, 0.5) is 8.78 Å². The van der Waals surface area contributed by atoms with E-state index in [0.717, 1.165) is 12.1 Å². The highest BCUT2D eigenvalue weighted by atomic mass is 127. The number of H-pyrrole nitrogens is 1. The van der Waals surface area contributed by atoms with Crippen molar-refractivity contribution < 1.29 is 26.7 Å². The summed E-state index contributed by atoms with van der Waals surface area (Å²) in [6.45, 7) is 0.447. The minimum absolute atomic E-state index is 0.00418. The number of hydrogen-bond acceptors (Lipinski definition) is 5. The van der Waals surface area contributed by atoms with Crippen molar-refractivity contribution in [3.05, 3.63) is 74.8 Å². The van der Waals surface area contributed by atoms with Gasteiger partial charge in [0.1, 0.15) is 17.4 Å². The van der Waals surface area contributed by atoms with Gasteiger partial charge in [0, 0.05) is 35.1 Å². The maximum Gasteiger partial charge on any atom is 0.260 e. The molecule has 1 fully saturated rings. The number of benzene rings is 2. The van der Waals surface area contributed by atoms with Crippen LogP contribution in [0.5, 0.6) is 5.75 Å². The van der Waals surface area contributed by atoms with Crippen molar-refractivity contribution in [1.29, 1.82) is 0 Å². The Balaban J connectivity index is 1.49. The molecule has 3 aromatic rings. The fourth-order valence-corrected chi connectivity index (χ4v) is 5.54. The van der Waals surface area contributed by atoms with Gasteiger partial charge >= 0.3 is 0 Å². The third-order valence-electron chi connectivity index (χ3n) is 5.28. The quantitative estimate of drug-likeness (QED) is 0.393. The summed E-state index contributed by atoms with van der Waals surface area (Å²) in [7, 11) is -3.66. The normalized spacial score (nSPS) is 14.8. The smallest absolute Gasteiger partial charge is 0.260 e. The van der Waals surface area contributed by atoms with Crippen molar-refractivity contribution in [3.63, 3.8) is 0 Å². The standard InChI is InChI=1S/C21H19F2IN4O4S/c22-15-4-14(3-13-1-2-16(24)6-17(13)23)20(21(25)29)18(5-15)32-10-12-8-28(9-12)33(30,31)19-7-26-11-27-19/h1-2,4-7,11-12H,3,8-10H2,(H2,25,29)(H,26,27). The van der Waals surface area contributed by atoms with Crippen molar-refractivity contribution in [2.24, 2.45) is 11.7 Å². The zero-order chi connectivity index (χ0) is 23.8. The Morgan fingerprint density at radius 1 is 1.24 bits per heavy atom. The Morgan fingerprint density at radius 3 is 2.64 bits per heavy atom. The van der Waals surface area contributed by atoms with E-state index >= 15 is 0 Å². The van der Waals surface area contributed by atoms with Gasteiger partial charge < -0.3 is 15.5 Å². The Labute approximate surface area is 202 Å². The molecule has 12 heteroatoms. The number of rotatable bonds is 8. The van der Waals surface area contributed by atoms with Crippen LogP contribution in [0.25, 0.3) is 0 Å². The SMILES string of the molecule is NC(=O)c1c(Cc2ccc(I)cc2F)cc(F)cc1OCC1CN(S(=O)(=O)c2cnc[nH]2)C1. The van der Waals surface area contributed by atoms with Crippen LogP contribution >= 0.6 is 22.6 Å². The summed E-state index contributed by atoms with van der Waals surface area (Å²) in [4.78, 5) is 18.4. The average Bonchev–Trinajstić information content (AvgIpc) is 3.24. The number of amides is 1. The van der Waals surface area contributed by atoms with Crippen molar-refractivity contribution >= 4 is 38.5 Å². The maximum atomic E-state index is 14.3. The van der Waals surface area contributed by atoms with Gasteiger partial charge in [-0.25, -0.2) is 22.2 Å². The van der Waals surface area contributed by atoms with Crippen LogP contribution in [0.15, 0.2) is 47.9 Å². The van der Waals surface area contributed by atoms with Crippen molar-refractivity contribution in [2.45, 2.75) is 11.4 Å². The second-order valence-electron chi connectivity index (χ2n) is 7.63. The van der Waals surface area contributed by atoms with Gasteiger partial charge in [0.05, 0.1) is 24.7 Å². The second kappa shape index (κ2) is 9.35. The Morgan fingerprint density at radius 2 is 2.00 bits per heavy atom. The number of nitrogens with one attached hydrogen (secondary N) is 1. The Kier molecular flexibility index (Phi) is 6.68. The van der Waals surface area contributed by atoms with Crippen molar-refractivity contribution in [1.82, 2.24) is 14.3 Å². The molecule has 0 bridgehead atoms. The summed E-state index contributed by atoms with van der Waals surface area (Å²) in [5, 5.41) is -0.00418. The molecule has 0 aliphatic carbocycles. The van der Waals surface area contributed by atoms with Gasteiger partial charge in [-0.15, -0.1) is 0 Å². The van der Waals surface area contributed by atoms with Gasteiger partial charge in [0.25, 0.3) is 15.9 Å². The van der Waals surface area contributed by atoms with E-state index < -0.39 is 27.6 Å². The number of hydrogen-bond donors (Lipinski definition) is 2. The maximum absolute atomic E-state index is 14.3. The van der Waals surface area contributed by atoms with Crippen LogP contribution < -0.4 is 10.5 Å². The lowest BCUT2D eigenvalue weighted by molar-refractivity contribution is 0.0987. The van der Waals surface area contributed by atoms with E-state index in [0.29, 0.717) is 3.57 Å². The molecule has 2 aromatic carbocycles. The first-order valence-corrected chi connectivity index (χ1v) is 12.3. The van der Waals surface area contributed by atoms with Gasteiger partial charge in [0.15, 0.2) is 5.03 Å². The Bertz CT molecular complexity index is 1300. The molecule has 1 amide bonds. The zero-order valence-electron chi connectivity index (χ0n) is 17.1. The first kappa shape index (κ1) is 23.6. The molecule has 1 aliphatic heterocycles. The minimum atomic E-state index is -3.66. The molecule has 3 N–H and O–H groups in total. The number of primary amides is 1. The molecule has 0 atom stereocenters. The minimum Gasteiger partial charge on any atom is -0.492 e. The van der Waals surface area contributed by atoms with Gasteiger partial charge in [-0.05, 0) is 51.9 Å². The Hall–Kier alpha value is -2.58. The molecule has 0 saturated carbocycles. The molecule has 8 nitrogen and oxygen atoms in total. The third kappa shape index (κ3) is 5.01. The molecule has 4 rings (SSSR count). The van der Waals surface area contributed by atoms with E-state index in [1.807, 2.05) is 22.6 Å². The molecule has 0 spiro atoms. The first-order valence-electron chi connectivity index (χ1n) is 9.82. The predicted molar refractivity (Wildman–Crippen MR) is 123 cm³/mol. The molecule has 33 heavy (non-hydrogen) atoms. The molecular formula is C21H19F2IN4O4S. The molecule has 1 aliphatic rings. The van der Waals surface area contributed by atoms with Gasteiger partial charge in [-0.3, -0.25) is 4.79 Å². The summed E-state index contributed by atoms with van der Waals surface area (Å²) in [6.07, 6.45) is 2.46. The fourth-order valence-electron chi connectivity index (χ4n) is 3.59. The number of ether oxygens (including phenoxy) is 1. The highest BCUT2D eigenvalue weighted by Crippen LogP contribution is 2.30. The summed E-state index contributed by atoms with van der Waals surface area (Å²) in [6, 6.07) is 6.80. The van der Waals surface area contributed by atoms with E-state index in [1.54, 1.807) is 12.1 Å². The average molecular weight is 588 g/mol. The van der Waals surface area contributed by atoms with E-state index in [-0.39, 0.29) is 59.5 Å². The summed E-state index contributed by atoms with van der Waals surface area (Å²) in [5.41, 5.74) is 5.99. The lowest BCUT2D eigenvalue weighted by atomic mass is 9.97. The van der Waals surface area contributed by atoms with E-state index in [2.05, 4.69) is 9.97 Å². The topological polar surface area (TPSA) is 118 Å². The van der Waals surface area contributed by atoms with Crippen molar-refractivity contribution in [2.75, 3.05) is 19.7 Å². The van der Waals surface area contributed by atoms with Crippen LogP contribution in [0.3, 0.4) is 0 Å². The number of imidazole rings is 1. The van der Waals surface area contributed by atoms with E-state index in [4.69, 9.17) is 10.5 Å². The summed E-state index contributed by atoms with van der Waals surface area (Å²) >= 11 is 1.98. The van der Waals surface area contributed by atoms with E-state index in [1.165, 1.54) is 22.9 Å². The van der Waals surface area contributed by atoms with Crippen LogP contribution in [0.1, 0.15) is 21.5 Å². The predicted octanol–water partition coefficient (Wildman–Crippen LogP) is 2.68. The molecule has 0 radical (unpaired) electrons. The lowest BCUT2D eigenvalue weighted by Crippen LogP contribution is -2.52. The number of nitrogens with two attached hydrogens (primary N) is 1. The number of carbonyl (C=O) groups excluding carboxylic acids is 1. The first-order chi connectivity index (χ1) is 15.6. The summed E-state index contributed by atoms with van der Waals surface area (Å²) in [5.74, 6) is -2.19. The molecule has 2 heterocycles. The van der Waals surface area contributed by atoms with Gasteiger partial charge in [-0.1, -0.05) is 6.07 Å². The van der Waals surface area contributed by atoms with Crippen LogP contribution in [0, 0.1) is 21.1 Å². The largest absolute Gasteiger partial charge is 0.492 e. The van der Waals surface area contributed by atoms with Gasteiger partial charge in [0.2, 0.25) is 0 Å². The lowest BCUT2D eigenvalue weighted by Gasteiger charge is -2.37. The number of halogens is 3. The van der Waals surface area contributed by atoms with Crippen LogP contribution in [-0.2, 0) is 16.4 Å². The number of carbonyl (C=O) groups is 1. The summed E-state index contributed by atoms with van der Waals surface area (Å²) < 4.78 is 61.1. The monoisotopic (exact) mass is 588 g/mol. The molecule has 1 aromatic heterocycles. The van der Waals surface area contributed by atoms with Crippen LogP contribution in [-0.4, -0.2) is 48.3 Å². The number of nitrogens with zero attached hydrogens (tertiary/aromatic N) is 2. The van der Waals surface area contributed by atoms with Crippen LogP contribution in [0.2, 0.25) is 0 Å². The van der Waals surface area contributed by atoms with E-state index in [9.17, 15) is 22.0 Å². The second-order valence-corrected chi connectivity index (χ2v) is 10.8. The third-order valence-corrected chi connectivity index (χ3v) is 7.71. The van der Waals surface area contributed by atoms with Gasteiger partial charge in [-0.2, -0.15) is 4.31 Å².